The summed E-state index contributed by atoms with van der Waals surface area (Å²) in [5.74, 6) is 1.48. The highest BCUT2D eigenvalue weighted by atomic mass is 32.2. The lowest BCUT2D eigenvalue weighted by Crippen LogP contribution is -2.41. The zero-order chi connectivity index (χ0) is 14.5. The molecule has 0 bridgehead atoms. The van der Waals surface area contributed by atoms with Crippen molar-refractivity contribution in [3.8, 4) is 0 Å². The molecule has 20 heavy (non-hydrogen) atoms. The molecule has 0 amide bonds. The Hall–Kier alpha value is -0.580. The summed E-state index contributed by atoms with van der Waals surface area (Å²) in [5, 5.41) is 3.99. The molecular formula is C16H25FN2S. The Balaban J connectivity index is 2.02. The smallest absolute Gasteiger partial charge is 0.127 e. The van der Waals surface area contributed by atoms with Crippen molar-refractivity contribution in [2.75, 3.05) is 32.4 Å². The summed E-state index contributed by atoms with van der Waals surface area (Å²) in [6.07, 6.45) is 0. The van der Waals surface area contributed by atoms with E-state index in [-0.39, 0.29) is 11.9 Å². The van der Waals surface area contributed by atoms with Crippen LogP contribution in [0.15, 0.2) is 24.3 Å². The third kappa shape index (κ3) is 3.96. The van der Waals surface area contributed by atoms with Gasteiger partial charge < -0.3 is 10.2 Å². The molecule has 1 N–H and O–H groups in total. The SMILES string of the molecule is CNC(c1ccccc1F)C(C)CN1CCSC(C)C1. The molecule has 1 aliphatic heterocycles. The van der Waals surface area contributed by atoms with Gasteiger partial charge in [-0.15, -0.1) is 0 Å². The van der Waals surface area contributed by atoms with Crippen LogP contribution in [0, 0.1) is 11.7 Å². The summed E-state index contributed by atoms with van der Waals surface area (Å²) in [6.45, 7) is 7.80. The Labute approximate surface area is 126 Å². The van der Waals surface area contributed by atoms with Crippen molar-refractivity contribution in [3.05, 3.63) is 35.6 Å². The summed E-state index contributed by atoms with van der Waals surface area (Å²) >= 11 is 2.04. The van der Waals surface area contributed by atoms with Crippen LogP contribution in [-0.2, 0) is 0 Å². The van der Waals surface area contributed by atoms with Gasteiger partial charge in [-0.25, -0.2) is 4.39 Å². The molecule has 3 unspecified atom stereocenters. The van der Waals surface area contributed by atoms with E-state index in [4.69, 9.17) is 0 Å². The van der Waals surface area contributed by atoms with Crippen molar-refractivity contribution >= 4 is 11.8 Å². The topological polar surface area (TPSA) is 15.3 Å². The minimum absolute atomic E-state index is 0.0704. The van der Waals surface area contributed by atoms with Gasteiger partial charge in [0, 0.05) is 42.2 Å². The van der Waals surface area contributed by atoms with Gasteiger partial charge in [-0.3, -0.25) is 0 Å². The summed E-state index contributed by atoms with van der Waals surface area (Å²) in [7, 11) is 1.92. The van der Waals surface area contributed by atoms with E-state index in [1.807, 2.05) is 30.9 Å². The highest BCUT2D eigenvalue weighted by Crippen LogP contribution is 2.26. The van der Waals surface area contributed by atoms with Crippen LogP contribution in [0.3, 0.4) is 0 Å². The number of benzene rings is 1. The predicted molar refractivity (Wildman–Crippen MR) is 85.7 cm³/mol. The predicted octanol–water partition coefficient (Wildman–Crippen LogP) is 3.16. The van der Waals surface area contributed by atoms with Gasteiger partial charge in [-0.2, -0.15) is 11.8 Å². The molecule has 112 valence electrons. The minimum atomic E-state index is -0.110. The van der Waals surface area contributed by atoms with E-state index in [1.54, 1.807) is 12.1 Å². The Morgan fingerprint density at radius 3 is 2.85 bits per heavy atom. The van der Waals surface area contributed by atoms with Crippen molar-refractivity contribution in [1.29, 1.82) is 0 Å². The fourth-order valence-electron chi connectivity index (χ4n) is 3.04. The maximum Gasteiger partial charge on any atom is 0.127 e. The molecule has 1 aromatic carbocycles. The van der Waals surface area contributed by atoms with E-state index < -0.39 is 0 Å². The van der Waals surface area contributed by atoms with Crippen LogP contribution in [0.25, 0.3) is 0 Å². The summed E-state index contributed by atoms with van der Waals surface area (Å²) in [6, 6.07) is 7.17. The van der Waals surface area contributed by atoms with E-state index >= 15 is 0 Å². The summed E-state index contributed by atoms with van der Waals surface area (Å²) in [4.78, 5) is 2.51. The van der Waals surface area contributed by atoms with Gasteiger partial charge in [0.25, 0.3) is 0 Å². The lowest BCUT2D eigenvalue weighted by molar-refractivity contribution is 0.220. The molecule has 2 nitrogen and oxygen atoms in total. The second-order valence-corrected chi connectivity index (χ2v) is 7.25. The van der Waals surface area contributed by atoms with Gasteiger partial charge in [-0.05, 0) is 19.0 Å². The molecule has 3 atom stereocenters. The normalized spacial score (nSPS) is 23.5. The van der Waals surface area contributed by atoms with Crippen LogP contribution in [0.4, 0.5) is 4.39 Å². The molecule has 1 fully saturated rings. The van der Waals surface area contributed by atoms with Crippen LogP contribution in [0.5, 0.6) is 0 Å². The summed E-state index contributed by atoms with van der Waals surface area (Å²) < 4.78 is 14.0. The van der Waals surface area contributed by atoms with Crippen LogP contribution >= 0.6 is 11.8 Å². The first-order chi connectivity index (χ1) is 9.61. The monoisotopic (exact) mass is 296 g/mol. The number of rotatable bonds is 5. The van der Waals surface area contributed by atoms with Gasteiger partial charge in [0.1, 0.15) is 5.82 Å². The number of nitrogens with one attached hydrogen (secondary N) is 1. The lowest BCUT2D eigenvalue weighted by Gasteiger charge is -2.35. The van der Waals surface area contributed by atoms with E-state index in [1.165, 1.54) is 5.75 Å². The molecule has 2 rings (SSSR count). The third-order valence-corrected chi connectivity index (χ3v) is 5.13. The number of hydrogen-bond donors (Lipinski definition) is 1. The molecular weight excluding hydrogens is 271 g/mol. The van der Waals surface area contributed by atoms with Crippen LogP contribution in [-0.4, -0.2) is 42.6 Å². The zero-order valence-electron chi connectivity index (χ0n) is 12.6. The molecule has 1 aliphatic rings. The standard InChI is InChI=1S/C16H25FN2S/c1-12(10-19-8-9-20-13(2)11-19)16(18-3)14-6-4-5-7-15(14)17/h4-7,12-13,16,18H,8-11H2,1-3H3. The molecule has 4 heteroatoms. The van der Waals surface area contributed by atoms with Crippen molar-refractivity contribution in [3.63, 3.8) is 0 Å². The average molecular weight is 296 g/mol. The molecule has 0 aliphatic carbocycles. The van der Waals surface area contributed by atoms with E-state index in [0.29, 0.717) is 11.2 Å². The maximum absolute atomic E-state index is 14.0. The van der Waals surface area contributed by atoms with Gasteiger partial charge >= 0.3 is 0 Å². The number of hydrogen-bond acceptors (Lipinski definition) is 3. The Bertz CT molecular complexity index is 427. The quantitative estimate of drug-likeness (QED) is 0.898. The van der Waals surface area contributed by atoms with E-state index in [9.17, 15) is 4.39 Å². The van der Waals surface area contributed by atoms with E-state index in [0.717, 1.165) is 25.2 Å². The van der Waals surface area contributed by atoms with Crippen LogP contribution in [0.2, 0.25) is 0 Å². The van der Waals surface area contributed by atoms with Gasteiger partial charge in [0.05, 0.1) is 0 Å². The fourth-order valence-corrected chi connectivity index (χ4v) is 4.13. The van der Waals surface area contributed by atoms with Gasteiger partial charge in [0.2, 0.25) is 0 Å². The lowest BCUT2D eigenvalue weighted by atomic mass is 9.93. The fraction of sp³-hybridized carbons (Fsp3) is 0.625. The largest absolute Gasteiger partial charge is 0.313 e. The molecule has 0 aromatic heterocycles. The van der Waals surface area contributed by atoms with Gasteiger partial charge in [0.15, 0.2) is 0 Å². The molecule has 1 aromatic rings. The molecule has 1 heterocycles. The van der Waals surface area contributed by atoms with Crippen molar-refractivity contribution in [2.45, 2.75) is 25.1 Å². The number of halogens is 1. The number of nitrogens with zero attached hydrogens (tertiary/aromatic N) is 1. The van der Waals surface area contributed by atoms with Crippen LogP contribution in [0.1, 0.15) is 25.5 Å². The Kier molecular flexibility index (Phi) is 5.87. The summed E-state index contributed by atoms with van der Waals surface area (Å²) in [5.41, 5.74) is 0.780. The van der Waals surface area contributed by atoms with Crippen molar-refractivity contribution < 1.29 is 4.39 Å². The highest BCUT2D eigenvalue weighted by molar-refractivity contribution is 7.99. The first kappa shape index (κ1) is 15.8. The minimum Gasteiger partial charge on any atom is -0.313 e. The average Bonchev–Trinajstić information content (AvgIpc) is 2.41. The molecule has 1 saturated heterocycles. The first-order valence-corrected chi connectivity index (χ1v) is 8.42. The molecule has 0 saturated carbocycles. The molecule has 0 spiro atoms. The highest BCUT2D eigenvalue weighted by Gasteiger charge is 2.24. The second-order valence-electron chi connectivity index (χ2n) is 5.71. The Morgan fingerprint density at radius 1 is 1.45 bits per heavy atom. The second kappa shape index (κ2) is 7.43. The van der Waals surface area contributed by atoms with Gasteiger partial charge in [-0.1, -0.05) is 32.0 Å². The Morgan fingerprint density at radius 2 is 2.20 bits per heavy atom. The first-order valence-electron chi connectivity index (χ1n) is 7.37. The zero-order valence-corrected chi connectivity index (χ0v) is 13.4. The van der Waals surface area contributed by atoms with E-state index in [2.05, 4.69) is 24.1 Å². The molecule has 0 radical (unpaired) electrons. The number of thioether (sulfide) groups is 1. The third-order valence-electron chi connectivity index (χ3n) is 3.99. The van der Waals surface area contributed by atoms with Crippen LogP contribution < -0.4 is 5.32 Å². The maximum atomic E-state index is 14.0. The van der Waals surface area contributed by atoms with Crippen molar-refractivity contribution in [1.82, 2.24) is 10.2 Å². The van der Waals surface area contributed by atoms with Crippen molar-refractivity contribution in [2.24, 2.45) is 5.92 Å².